The van der Waals surface area contributed by atoms with E-state index in [1.807, 2.05) is 19.9 Å². The molecule has 2 aromatic carbocycles. The van der Waals surface area contributed by atoms with E-state index in [-0.39, 0.29) is 12.5 Å². The SMILES string of the molecule is CCOC(=O)Nc1ccc(C(=O)Nc2cc(OCC)c(N3CCOCC3)cc2OCC)cc1. The summed E-state index contributed by atoms with van der Waals surface area (Å²) in [5.41, 5.74) is 2.41. The van der Waals surface area contributed by atoms with Gasteiger partial charge in [0.2, 0.25) is 0 Å². The lowest BCUT2D eigenvalue weighted by atomic mass is 10.1. The van der Waals surface area contributed by atoms with Gasteiger partial charge in [-0.2, -0.15) is 0 Å². The second-order valence-corrected chi connectivity index (χ2v) is 7.16. The Bertz CT molecular complexity index is 942. The average Bonchev–Trinajstić information content (AvgIpc) is 2.82. The Kier molecular flexibility index (Phi) is 8.77. The van der Waals surface area contributed by atoms with Gasteiger partial charge in [0.25, 0.3) is 5.91 Å². The molecule has 1 aliphatic rings. The Hall–Kier alpha value is -3.46. The zero-order valence-electron chi connectivity index (χ0n) is 19.3. The molecule has 0 spiro atoms. The third-order valence-electron chi connectivity index (χ3n) is 4.93. The minimum atomic E-state index is -0.542. The molecular weight excluding hydrogens is 426 g/mol. The van der Waals surface area contributed by atoms with E-state index in [2.05, 4.69) is 15.5 Å². The first-order valence-electron chi connectivity index (χ1n) is 11.2. The normalized spacial score (nSPS) is 13.2. The van der Waals surface area contributed by atoms with E-state index in [1.54, 1.807) is 37.3 Å². The number of amides is 2. The first-order chi connectivity index (χ1) is 16.0. The molecule has 1 heterocycles. The van der Waals surface area contributed by atoms with E-state index >= 15 is 0 Å². The molecule has 9 heteroatoms. The highest BCUT2D eigenvalue weighted by atomic mass is 16.5. The summed E-state index contributed by atoms with van der Waals surface area (Å²) in [5.74, 6) is 0.934. The molecule has 0 aromatic heterocycles. The van der Waals surface area contributed by atoms with Crippen molar-refractivity contribution in [1.82, 2.24) is 0 Å². The lowest BCUT2D eigenvalue weighted by Gasteiger charge is -2.31. The van der Waals surface area contributed by atoms with Gasteiger partial charge >= 0.3 is 6.09 Å². The van der Waals surface area contributed by atoms with E-state index in [0.717, 1.165) is 18.8 Å². The van der Waals surface area contributed by atoms with E-state index in [4.69, 9.17) is 18.9 Å². The van der Waals surface area contributed by atoms with Crippen LogP contribution in [0.25, 0.3) is 0 Å². The highest BCUT2D eigenvalue weighted by Gasteiger charge is 2.21. The van der Waals surface area contributed by atoms with Gasteiger partial charge in [0.1, 0.15) is 11.5 Å². The van der Waals surface area contributed by atoms with Crippen molar-refractivity contribution in [3.63, 3.8) is 0 Å². The Morgan fingerprint density at radius 3 is 2.21 bits per heavy atom. The summed E-state index contributed by atoms with van der Waals surface area (Å²) in [7, 11) is 0. The van der Waals surface area contributed by atoms with Crippen LogP contribution in [0.15, 0.2) is 36.4 Å². The standard InChI is InChI=1S/C24H31N3O6/c1-4-31-21-16-20(27-11-13-30-14-12-27)22(32-5-2)15-19(21)26-23(28)17-7-9-18(10-8-17)25-24(29)33-6-3/h7-10,15-16H,4-6,11-14H2,1-3H3,(H,25,29)(H,26,28). The fraction of sp³-hybridized carbons (Fsp3) is 0.417. The number of carbonyl (C=O) groups excluding carboxylic acids is 2. The van der Waals surface area contributed by atoms with Crippen LogP contribution in [0, 0.1) is 0 Å². The number of nitrogens with zero attached hydrogens (tertiary/aromatic N) is 1. The summed E-state index contributed by atoms with van der Waals surface area (Å²) in [6.07, 6.45) is -0.542. The molecule has 0 saturated carbocycles. The monoisotopic (exact) mass is 457 g/mol. The van der Waals surface area contributed by atoms with Gasteiger partial charge in [-0.05, 0) is 45.0 Å². The van der Waals surface area contributed by atoms with Gasteiger partial charge in [-0.15, -0.1) is 0 Å². The molecule has 2 amide bonds. The Balaban J connectivity index is 1.81. The van der Waals surface area contributed by atoms with Gasteiger partial charge < -0.3 is 29.2 Å². The van der Waals surface area contributed by atoms with Crippen LogP contribution >= 0.6 is 0 Å². The number of anilines is 3. The van der Waals surface area contributed by atoms with Crippen LogP contribution < -0.4 is 25.0 Å². The van der Waals surface area contributed by atoms with Crippen LogP contribution in [-0.2, 0) is 9.47 Å². The summed E-state index contributed by atoms with van der Waals surface area (Å²) < 4.78 is 22.0. The second-order valence-electron chi connectivity index (χ2n) is 7.16. The van der Waals surface area contributed by atoms with Gasteiger partial charge in [-0.1, -0.05) is 0 Å². The molecule has 1 saturated heterocycles. The van der Waals surface area contributed by atoms with Crippen molar-refractivity contribution in [2.75, 3.05) is 61.7 Å². The quantitative estimate of drug-likeness (QED) is 0.584. The summed E-state index contributed by atoms with van der Waals surface area (Å²) in [5, 5.41) is 5.52. The van der Waals surface area contributed by atoms with Crippen molar-refractivity contribution in [3.8, 4) is 11.5 Å². The van der Waals surface area contributed by atoms with Crippen molar-refractivity contribution in [2.45, 2.75) is 20.8 Å². The van der Waals surface area contributed by atoms with Crippen LogP contribution in [0.2, 0.25) is 0 Å². The molecule has 0 aliphatic carbocycles. The molecule has 0 atom stereocenters. The highest BCUT2D eigenvalue weighted by Crippen LogP contribution is 2.39. The Labute approximate surface area is 193 Å². The number of carbonyl (C=O) groups is 2. The summed E-state index contributed by atoms with van der Waals surface area (Å²) in [4.78, 5) is 26.7. The molecule has 0 radical (unpaired) electrons. The predicted molar refractivity (Wildman–Crippen MR) is 127 cm³/mol. The maximum Gasteiger partial charge on any atom is 0.411 e. The second kappa shape index (κ2) is 12.0. The topological polar surface area (TPSA) is 98.4 Å². The van der Waals surface area contributed by atoms with Crippen LogP contribution in [0.4, 0.5) is 21.9 Å². The van der Waals surface area contributed by atoms with Crippen molar-refractivity contribution < 1.29 is 28.5 Å². The fourth-order valence-corrected chi connectivity index (χ4v) is 3.43. The van der Waals surface area contributed by atoms with Gasteiger partial charge in [0, 0.05) is 36.5 Å². The van der Waals surface area contributed by atoms with Crippen molar-refractivity contribution >= 4 is 29.1 Å². The number of morpholine rings is 1. The number of hydrogen-bond acceptors (Lipinski definition) is 7. The van der Waals surface area contributed by atoms with Gasteiger partial charge in [0.15, 0.2) is 0 Å². The molecule has 1 fully saturated rings. The van der Waals surface area contributed by atoms with Crippen molar-refractivity contribution in [2.24, 2.45) is 0 Å². The third-order valence-corrected chi connectivity index (χ3v) is 4.93. The molecule has 178 valence electrons. The highest BCUT2D eigenvalue weighted by molar-refractivity contribution is 6.05. The molecule has 1 aliphatic heterocycles. The predicted octanol–water partition coefficient (Wildman–Crippen LogP) is 4.14. The van der Waals surface area contributed by atoms with E-state index < -0.39 is 6.09 Å². The van der Waals surface area contributed by atoms with Crippen LogP contribution in [0.5, 0.6) is 11.5 Å². The summed E-state index contributed by atoms with van der Waals surface area (Å²) in [6.45, 7) is 9.57. The van der Waals surface area contributed by atoms with Crippen LogP contribution in [0.3, 0.4) is 0 Å². The van der Waals surface area contributed by atoms with E-state index in [0.29, 0.717) is 54.9 Å². The molecule has 0 bridgehead atoms. The number of nitrogens with one attached hydrogen (secondary N) is 2. The molecule has 0 unspecified atom stereocenters. The Morgan fingerprint density at radius 2 is 1.58 bits per heavy atom. The summed E-state index contributed by atoms with van der Waals surface area (Å²) in [6, 6.07) is 10.2. The number of ether oxygens (including phenoxy) is 4. The number of benzene rings is 2. The molecule has 9 nitrogen and oxygen atoms in total. The first kappa shape index (κ1) is 24.2. The number of hydrogen-bond donors (Lipinski definition) is 2. The maximum absolute atomic E-state index is 12.9. The lowest BCUT2D eigenvalue weighted by Crippen LogP contribution is -2.36. The lowest BCUT2D eigenvalue weighted by molar-refractivity contribution is 0.102. The maximum atomic E-state index is 12.9. The molecule has 2 aromatic rings. The smallest absolute Gasteiger partial charge is 0.411 e. The number of rotatable bonds is 9. The molecular formula is C24H31N3O6. The minimum absolute atomic E-state index is 0.280. The van der Waals surface area contributed by atoms with Crippen molar-refractivity contribution in [3.05, 3.63) is 42.0 Å². The third kappa shape index (κ3) is 6.52. The van der Waals surface area contributed by atoms with Gasteiger partial charge in [0.05, 0.1) is 44.4 Å². The van der Waals surface area contributed by atoms with Crippen LogP contribution in [0.1, 0.15) is 31.1 Å². The molecule has 2 N–H and O–H groups in total. The minimum Gasteiger partial charge on any atom is -0.492 e. The molecule has 33 heavy (non-hydrogen) atoms. The van der Waals surface area contributed by atoms with Crippen molar-refractivity contribution in [1.29, 1.82) is 0 Å². The largest absolute Gasteiger partial charge is 0.492 e. The molecule has 3 rings (SSSR count). The van der Waals surface area contributed by atoms with Gasteiger partial charge in [-0.3, -0.25) is 10.1 Å². The van der Waals surface area contributed by atoms with E-state index in [9.17, 15) is 9.59 Å². The summed E-state index contributed by atoms with van der Waals surface area (Å²) >= 11 is 0. The first-order valence-corrected chi connectivity index (χ1v) is 11.2. The fourth-order valence-electron chi connectivity index (χ4n) is 3.43. The Morgan fingerprint density at radius 1 is 0.909 bits per heavy atom. The average molecular weight is 458 g/mol. The van der Waals surface area contributed by atoms with Crippen LogP contribution in [-0.4, -0.2) is 58.1 Å². The van der Waals surface area contributed by atoms with Gasteiger partial charge in [-0.25, -0.2) is 4.79 Å². The zero-order chi connectivity index (χ0) is 23.6. The zero-order valence-corrected chi connectivity index (χ0v) is 19.3. The van der Waals surface area contributed by atoms with E-state index in [1.165, 1.54) is 0 Å².